The zero-order chi connectivity index (χ0) is 32.8. The number of aromatic nitrogens is 2. The Balaban J connectivity index is 1.22. The van der Waals surface area contributed by atoms with Crippen LogP contribution in [0.1, 0.15) is 52.0 Å². The SMILES string of the molecule is NC(=O)N1CCc2c(c(-c3ccc(Cl)c(C#Cc4ccc(Cl)c(C(=O)NCC5CCCNC5)c4)c3)nn2CCCN2CCSCC2)C1. The van der Waals surface area contributed by atoms with E-state index in [1.807, 2.05) is 30.0 Å². The van der Waals surface area contributed by atoms with Crippen LogP contribution < -0.4 is 16.4 Å². The molecule has 2 fully saturated rings. The van der Waals surface area contributed by atoms with Gasteiger partial charge in [-0.3, -0.25) is 9.48 Å². The summed E-state index contributed by atoms with van der Waals surface area (Å²) >= 11 is 15.1. The van der Waals surface area contributed by atoms with Gasteiger partial charge in [-0.25, -0.2) is 4.79 Å². The van der Waals surface area contributed by atoms with E-state index in [9.17, 15) is 9.59 Å². The number of urea groups is 1. The average Bonchev–Trinajstić information content (AvgIpc) is 3.46. The highest BCUT2D eigenvalue weighted by Gasteiger charge is 2.27. The molecule has 2 saturated heterocycles. The number of nitrogens with zero attached hydrogens (tertiary/aromatic N) is 4. The molecule has 248 valence electrons. The predicted molar refractivity (Wildman–Crippen MR) is 190 cm³/mol. The van der Waals surface area contributed by atoms with E-state index in [-0.39, 0.29) is 5.91 Å². The molecule has 4 heterocycles. The highest BCUT2D eigenvalue weighted by Crippen LogP contribution is 2.32. The molecule has 3 aliphatic heterocycles. The molecule has 2 aromatic carbocycles. The average molecular weight is 695 g/mol. The molecule has 4 N–H and O–H groups in total. The van der Waals surface area contributed by atoms with Crippen molar-refractivity contribution in [1.82, 2.24) is 30.2 Å². The van der Waals surface area contributed by atoms with Crippen LogP contribution in [0.5, 0.6) is 0 Å². The molecule has 0 aliphatic carbocycles. The van der Waals surface area contributed by atoms with Crippen molar-refractivity contribution in [2.45, 2.75) is 38.8 Å². The second-order valence-corrected chi connectivity index (χ2v) is 14.4. The number of nitrogens with one attached hydrogen (secondary N) is 2. The number of carbonyl (C=O) groups excluding carboxylic acids is 2. The summed E-state index contributed by atoms with van der Waals surface area (Å²) in [5, 5.41) is 12.4. The number of thioether (sulfide) groups is 1. The fraction of sp³-hybridized carbons (Fsp3) is 0.457. The van der Waals surface area contributed by atoms with Gasteiger partial charge in [0.1, 0.15) is 0 Å². The van der Waals surface area contributed by atoms with Crippen molar-refractivity contribution in [2.75, 3.05) is 57.3 Å². The minimum absolute atomic E-state index is 0.204. The standard InChI is InChI=1S/C35H41Cl2N7O2S/c36-30-9-7-27(20-26(30)6-4-24-5-8-31(37)28(19-24)34(45)40-22-25-3-1-11-39-21-25)33-29-23-43(35(38)46)14-10-32(29)44(41-33)13-2-12-42-15-17-47-18-16-42/h5,7-9,19-20,25,39H,1-3,10-18,21-23H2,(H2,38,46)(H,40,45). The quantitative estimate of drug-likeness (QED) is 0.291. The molecule has 3 aromatic rings. The summed E-state index contributed by atoms with van der Waals surface area (Å²) in [5.41, 5.74) is 11.3. The lowest BCUT2D eigenvalue weighted by molar-refractivity contribution is 0.0945. The summed E-state index contributed by atoms with van der Waals surface area (Å²) in [6, 6.07) is 10.5. The van der Waals surface area contributed by atoms with E-state index in [2.05, 4.69) is 32.1 Å². The van der Waals surface area contributed by atoms with Crippen LogP contribution in [0, 0.1) is 17.8 Å². The number of aryl methyl sites for hydroxylation is 1. The number of piperidine rings is 1. The molecule has 3 aliphatic rings. The van der Waals surface area contributed by atoms with E-state index in [0.29, 0.717) is 58.7 Å². The van der Waals surface area contributed by atoms with Gasteiger partial charge in [0.2, 0.25) is 0 Å². The third-order valence-electron chi connectivity index (χ3n) is 9.14. The highest BCUT2D eigenvalue weighted by atomic mass is 35.5. The maximum atomic E-state index is 13.0. The van der Waals surface area contributed by atoms with Gasteiger partial charge < -0.3 is 26.2 Å². The van der Waals surface area contributed by atoms with Gasteiger partial charge in [-0.15, -0.1) is 0 Å². The van der Waals surface area contributed by atoms with Crippen molar-refractivity contribution in [3.63, 3.8) is 0 Å². The van der Waals surface area contributed by atoms with Crippen LogP contribution in [-0.4, -0.2) is 88.8 Å². The van der Waals surface area contributed by atoms with Crippen LogP contribution in [0.15, 0.2) is 36.4 Å². The van der Waals surface area contributed by atoms with Crippen molar-refractivity contribution in [2.24, 2.45) is 11.7 Å². The Labute approximate surface area is 290 Å². The number of primary amides is 1. The van der Waals surface area contributed by atoms with Gasteiger partial charge in [0.25, 0.3) is 5.91 Å². The zero-order valence-electron chi connectivity index (χ0n) is 26.5. The number of hydrogen-bond donors (Lipinski definition) is 3. The maximum Gasteiger partial charge on any atom is 0.315 e. The van der Waals surface area contributed by atoms with Gasteiger partial charge in [0.15, 0.2) is 0 Å². The molecule has 0 spiro atoms. The molecule has 1 unspecified atom stereocenters. The third-order valence-corrected chi connectivity index (χ3v) is 10.7. The smallest absolute Gasteiger partial charge is 0.315 e. The lowest BCUT2D eigenvalue weighted by atomic mass is 9.99. The van der Waals surface area contributed by atoms with Gasteiger partial charge in [-0.1, -0.05) is 41.1 Å². The van der Waals surface area contributed by atoms with Gasteiger partial charge in [-0.05, 0) is 75.1 Å². The van der Waals surface area contributed by atoms with Crippen LogP contribution in [0.3, 0.4) is 0 Å². The topological polar surface area (TPSA) is 109 Å². The Morgan fingerprint density at radius 3 is 2.68 bits per heavy atom. The Kier molecular flexibility index (Phi) is 11.3. The van der Waals surface area contributed by atoms with Crippen LogP contribution in [0.4, 0.5) is 4.79 Å². The van der Waals surface area contributed by atoms with E-state index in [1.165, 1.54) is 11.5 Å². The predicted octanol–water partition coefficient (Wildman–Crippen LogP) is 4.86. The van der Waals surface area contributed by atoms with E-state index < -0.39 is 6.03 Å². The summed E-state index contributed by atoms with van der Waals surface area (Å²) < 4.78 is 2.12. The highest BCUT2D eigenvalue weighted by molar-refractivity contribution is 7.99. The summed E-state index contributed by atoms with van der Waals surface area (Å²) in [6.07, 6.45) is 3.92. The van der Waals surface area contributed by atoms with Crippen molar-refractivity contribution < 1.29 is 9.59 Å². The van der Waals surface area contributed by atoms with E-state index in [1.54, 1.807) is 23.1 Å². The first-order valence-electron chi connectivity index (χ1n) is 16.4. The van der Waals surface area contributed by atoms with Crippen LogP contribution in [0.2, 0.25) is 10.0 Å². The first-order valence-corrected chi connectivity index (χ1v) is 18.3. The number of fused-ring (bicyclic) bond motifs is 1. The molecule has 6 rings (SSSR count). The monoisotopic (exact) mass is 693 g/mol. The Bertz CT molecular complexity index is 1670. The molecule has 1 aromatic heterocycles. The summed E-state index contributed by atoms with van der Waals surface area (Å²) in [5.74, 6) is 8.97. The Hall–Kier alpha value is -3.20. The Morgan fingerprint density at radius 2 is 1.89 bits per heavy atom. The fourth-order valence-electron chi connectivity index (χ4n) is 6.48. The van der Waals surface area contributed by atoms with E-state index in [0.717, 1.165) is 81.0 Å². The molecule has 1 atom stereocenters. The van der Waals surface area contributed by atoms with Crippen molar-refractivity contribution in [3.05, 3.63) is 74.4 Å². The van der Waals surface area contributed by atoms with Gasteiger partial charge >= 0.3 is 6.03 Å². The van der Waals surface area contributed by atoms with Gasteiger partial charge in [0, 0.05) is 78.6 Å². The zero-order valence-corrected chi connectivity index (χ0v) is 28.8. The number of benzene rings is 2. The minimum Gasteiger partial charge on any atom is -0.352 e. The van der Waals surface area contributed by atoms with Crippen LogP contribution in [-0.2, 0) is 19.5 Å². The molecule has 0 saturated carbocycles. The molecular weight excluding hydrogens is 653 g/mol. The van der Waals surface area contributed by atoms with E-state index >= 15 is 0 Å². The molecule has 0 bridgehead atoms. The normalized spacial score (nSPS) is 18.3. The maximum absolute atomic E-state index is 13.0. The first kappa shape index (κ1) is 33.7. The second kappa shape index (κ2) is 15.8. The van der Waals surface area contributed by atoms with Crippen LogP contribution in [0.25, 0.3) is 11.3 Å². The Morgan fingerprint density at radius 1 is 1.06 bits per heavy atom. The molecule has 47 heavy (non-hydrogen) atoms. The van der Waals surface area contributed by atoms with Crippen molar-refractivity contribution in [1.29, 1.82) is 0 Å². The summed E-state index contributed by atoms with van der Waals surface area (Å²) in [4.78, 5) is 29.3. The first-order chi connectivity index (χ1) is 22.9. The number of rotatable bonds is 8. The molecule has 9 nitrogen and oxygen atoms in total. The summed E-state index contributed by atoms with van der Waals surface area (Å²) in [7, 11) is 0. The molecule has 12 heteroatoms. The number of carbonyl (C=O) groups is 2. The second-order valence-electron chi connectivity index (χ2n) is 12.4. The minimum atomic E-state index is -0.429. The van der Waals surface area contributed by atoms with Crippen molar-refractivity contribution in [3.8, 4) is 23.1 Å². The lowest BCUT2D eigenvalue weighted by Gasteiger charge is -2.27. The van der Waals surface area contributed by atoms with E-state index in [4.69, 9.17) is 34.0 Å². The van der Waals surface area contributed by atoms with Crippen LogP contribution >= 0.6 is 35.0 Å². The number of nitrogens with two attached hydrogens (primary N) is 1. The third kappa shape index (κ3) is 8.45. The lowest BCUT2D eigenvalue weighted by Crippen LogP contribution is -2.39. The summed E-state index contributed by atoms with van der Waals surface area (Å²) in [6.45, 7) is 7.67. The largest absolute Gasteiger partial charge is 0.352 e. The van der Waals surface area contributed by atoms with Gasteiger partial charge in [-0.2, -0.15) is 16.9 Å². The molecule has 3 amide bonds. The fourth-order valence-corrected chi connectivity index (χ4v) is 7.83. The molecule has 0 radical (unpaired) electrons. The number of amides is 3. The van der Waals surface area contributed by atoms with Crippen molar-refractivity contribution >= 4 is 46.9 Å². The molecular formula is C35H41Cl2N7O2S. The number of hydrogen-bond acceptors (Lipinski definition) is 6. The van der Waals surface area contributed by atoms with Gasteiger partial charge in [0.05, 0.1) is 27.8 Å². The number of halogens is 2.